The van der Waals surface area contributed by atoms with E-state index < -0.39 is 0 Å². The van der Waals surface area contributed by atoms with E-state index in [4.69, 9.17) is 4.42 Å². The lowest BCUT2D eigenvalue weighted by molar-refractivity contribution is -0.120. The van der Waals surface area contributed by atoms with E-state index in [1.54, 1.807) is 24.7 Å². The second kappa shape index (κ2) is 8.48. The van der Waals surface area contributed by atoms with Crippen molar-refractivity contribution in [1.29, 1.82) is 0 Å². The number of hydrogen-bond acceptors (Lipinski definition) is 6. The van der Waals surface area contributed by atoms with Gasteiger partial charge in [0.2, 0.25) is 5.91 Å². The summed E-state index contributed by atoms with van der Waals surface area (Å²) < 4.78 is 7.39. The van der Waals surface area contributed by atoms with Gasteiger partial charge in [-0.15, -0.1) is 16.8 Å². The van der Waals surface area contributed by atoms with Crippen molar-refractivity contribution >= 4 is 17.7 Å². The van der Waals surface area contributed by atoms with Gasteiger partial charge in [-0.2, -0.15) is 0 Å². The van der Waals surface area contributed by atoms with Crippen molar-refractivity contribution < 1.29 is 9.21 Å². The first kappa shape index (κ1) is 17.9. The fourth-order valence-electron chi connectivity index (χ4n) is 2.31. The molecule has 0 aliphatic carbocycles. The molecule has 8 heteroatoms. The minimum absolute atomic E-state index is 0.0784. The van der Waals surface area contributed by atoms with Crippen molar-refractivity contribution in [3.05, 3.63) is 61.3 Å². The summed E-state index contributed by atoms with van der Waals surface area (Å²) in [6.07, 6.45) is 6.71. The van der Waals surface area contributed by atoms with E-state index in [2.05, 4.69) is 27.1 Å². The Kier molecular flexibility index (Phi) is 5.85. The van der Waals surface area contributed by atoms with Crippen LogP contribution in [-0.4, -0.2) is 37.5 Å². The van der Waals surface area contributed by atoms with Crippen LogP contribution < -0.4 is 5.32 Å². The van der Waals surface area contributed by atoms with Gasteiger partial charge in [-0.25, -0.2) is 0 Å². The molecule has 3 rings (SSSR count). The van der Waals surface area contributed by atoms with Gasteiger partial charge >= 0.3 is 0 Å². The van der Waals surface area contributed by atoms with E-state index in [1.807, 2.05) is 35.8 Å². The molecular formula is C18H19N5O2S. The summed E-state index contributed by atoms with van der Waals surface area (Å²) in [4.78, 5) is 16.3. The molecule has 3 heterocycles. The molecule has 0 unspecified atom stereocenters. The van der Waals surface area contributed by atoms with E-state index in [-0.39, 0.29) is 11.2 Å². The molecule has 26 heavy (non-hydrogen) atoms. The zero-order valence-electron chi connectivity index (χ0n) is 14.3. The van der Waals surface area contributed by atoms with Gasteiger partial charge in [0, 0.05) is 24.5 Å². The average molecular weight is 369 g/mol. The average Bonchev–Trinajstić information content (AvgIpc) is 3.31. The Balaban J connectivity index is 1.88. The third kappa shape index (κ3) is 4.20. The summed E-state index contributed by atoms with van der Waals surface area (Å²) in [5.41, 5.74) is 0.849. The molecule has 134 valence electrons. The Morgan fingerprint density at radius 3 is 3.00 bits per heavy atom. The molecular weight excluding hydrogens is 350 g/mol. The summed E-state index contributed by atoms with van der Waals surface area (Å²) in [5, 5.41) is 11.7. The number of nitrogens with one attached hydrogen (secondary N) is 1. The highest BCUT2D eigenvalue weighted by Crippen LogP contribution is 2.27. The molecule has 0 spiro atoms. The standard InChI is InChI=1S/C18H19N5O2S/c1-3-8-20-17(24)13(2)26-18-22-21-16(14-6-4-9-19-11-14)23(18)12-15-7-5-10-25-15/h3-7,9-11,13H,1,8,12H2,2H3,(H,20,24)/t13-/m0/s1. The molecule has 0 aliphatic rings. The Morgan fingerprint density at radius 2 is 2.31 bits per heavy atom. The van der Waals surface area contributed by atoms with Crippen LogP contribution in [0.5, 0.6) is 0 Å². The molecule has 1 N–H and O–H groups in total. The number of furan rings is 1. The molecule has 0 saturated heterocycles. The fourth-order valence-corrected chi connectivity index (χ4v) is 3.19. The van der Waals surface area contributed by atoms with E-state index in [0.717, 1.165) is 11.3 Å². The third-order valence-corrected chi connectivity index (χ3v) is 4.68. The van der Waals surface area contributed by atoms with Crippen LogP contribution in [0.3, 0.4) is 0 Å². The summed E-state index contributed by atoms with van der Waals surface area (Å²) in [6.45, 7) is 6.34. The van der Waals surface area contributed by atoms with E-state index >= 15 is 0 Å². The molecule has 0 aromatic carbocycles. The van der Waals surface area contributed by atoms with Gasteiger partial charge in [-0.3, -0.25) is 14.3 Å². The lowest BCUT2D eigenvalue weighted by Crippen LogP contribution is -2.31. The molecule has 0 radical (unpaired) electrons. The first-order valence-electron chi connectivity index (χ1n) is 8.10. The van der Waals surface area contributed by atoms with Crippen LogP contribution >= 0.6 is 11.8 Å². The van der Waals surface area contributed by atoms with Gasteiger partial charge in [0.15, 0.2) is 11.0 Å². The van der Waals surface area contributed by atoms with Crippen LogP contribution in [-0.2, 0) is 11.3 Å². The normalized spacial score (nSPS) is 11.9. The predicted molar refractivity (Wildman–Crippen MR) is 99.6 cm³/mol. The Hall–Kier alpha value is -2.87. The van der Waals surface area contributed by atoms with Crippen molar-refractivity contribution in [2.24, 2.45) is 0 Å². The van der Waals surface area contributed by atoms with Crippen LogP contribution in [0.4, 0.5) is 0 Å². The lowest BCUT2D eigenvalue weighted by Gasteiger charge is -2.12. The van der Waals surface area contributed by atoms with Gasteiger partial charge in [0.05, 0.1) is 18.1 Å². The van der Waals surface area contributed by atoms with Gasteiger partial charge in [-0.05, 0) is 31.2 Å². The van der Waals surface area contributed by atoms with Crippen molar-refractivity contribution in [2.75, 3.05) is 6.54 Å². The number of carbonyl (C=O) groups is 1. The number of carbonyl (C=O) groups excluding carboxylic acids is 1. The third-order valence-electron chi connectivity index (χ3n) is 3.60. The second-order valence-corrected chi connectivity index (χ2v) is 6.82. The molecule has 3 aromatic rings. The van der Waals surface area contributed by atoms with Crippen molar-refractivity contribution in [1.82, 2.24) is 25.1 Å². The number of aromatic nitrogens is 4. The minimum Gasteiger partial charge on any atom is -0.467 e. The topological polar surface area (TPSA) is 85.8 Å². The van der Waals surface area contributed by atoms with E-state index in [9.17, 15) is 4.79 Å². The summed E-state index contributed by atoms with van der Waals surface area (Å²) in [5.74, 6) is 1.38. The molecule has 0 aliphatic heterocycles. The number of amides is 1. The number of nitrogens with zero attached hydrogens (tertiary/aromatic N) is 4. The van der Waals surface area contributed by atoms with Gasteiger partial charge < -0.3 is 9.73 Å². The first-order valence-corrected chi connectivity index (χ1v) is 8.98. The number of hydrogen-bond donors (Lipinski definition) is 1. The largest absolute Gasteiger partial charge is 0.467 e. The quantitative estimate of drug-likeness (QED) is 0.485. The van der Waals surface area contributed by atoms with Gasteiger partial charge in [0.1, 0.15) is 5.76 Å². The van der Waals surface area contributed by atoms with Crippen molar-refractivity contribution in [2.45, 2.75) is 23.9 Å². The fraction of sp³-hybridized carbons (Fsp3) is 0.222. The van der Waals surface area contributed by atoms with Crippen LogP contribution in [0.2, 0.25) is 0 Å². The maximum Gasteiger partial charge on any atom is 0.233 e. The predicted octanol–water partition coefficient (Wildman–Crippen LogP) is 2.76. The molecule has 3 aromatic heterocycles. The summed E-state index contributed by atoms with van der Waals surface area (Å²) >= 11 is 1.35. The van der Waals surface area contributed by atoms with Crippen LogP contribution in [0.1, 0.15) is 12.7 Å². The molecule has 0 fully saturated rings. The molecule has 0 saturated carbocycles. The molecule has 1 amide bonds. The number of pyridine rings is 1. The molecule has 7 nitrogen and oxygen atoms in total. The summed E-state index contributed by atoms with van der Waals surface area (Å²) in [7, 11) is 0. The highest BCUT2D eigenvalue weighted by Gasteiger charge is 2.21. The first-order chi connectivity index (χ1) is 12.7. The molecule has 1 atom stereocenters. The highest BCUT2D eigenvalue weighted by atomic mass is 32.2. The summed E-state index contributed by atoms with van der Waals surface area (Å²) in [6, 6.07) is 7.49. The van der Waals surface area contributed by atoms with E-state index in [1.165, 1.54) is 11.8 Å². The van der Waals surface area contributed by atoms with Crippen molar-refractivity contribution in [3.63, 3.8) is 0 Å². The van der Waals surface area contributed by atoms with Crippen LogP contribution in [0, 0.1) is 0 Å². The van der Waals surface area contributed by atoms with Gasteiger partial charge in [0.25, 0.3) is 0 Å². The molecule has 0 bridgehead atoms. The smallest absolute Gasteiger partial charge is 0.233 e. The maximum absolute atomic E-state index is 12.1. The highest BCUT2D eigenvalue weighted by molar-refractivity contribution is 8.00. The second-order valence-electron chi connectivity index (χ2n) is 5.51. The Bertz CT molecular complexity index is 861. The zero-order chi connectivity index (χ0) is 18.4. The zero-order valence-corrected chi connectivity index (χ0v) is 15.1. The SMILES string of the molecule is C=CCNC(=O)[C@H](C)Sc1nnc(-c2cccnc2)n1Cc1ccco1. The van der Waals surface area contributed by atoms with E-state index in [0.29, 0.717) is 24.1 Å². The number of thioether (sulfide) groups is 1. The Morgan fingerprint density at radius 1 is 1.42 bits per heavy atom. The van der Waals surface area contributed by atoms with Crippen molar-refractivity contribution in [3.8, 4) is 11.4 Å². The van der Waals surface area contributed by atoms with Crippen LogP contribution in [0.15, 0.2) is 65.2 Å². The monoisotopic (exact) mass is 369 g/mol. The number of rotatable bonds is 8. The maximum atomic E-state index is 12.1. The van der Waals surface area contributed by atoms with Crippen LogP contribution in [0.25, 0.3) is 11.4 Å². The Labute approximate surface area is 155 Å². The minimum atomic E-state index is -0.323. The van der Waals surface area contributed by atoms with Gasteiger partial charge in [-0.1, -0.05) is 17.8 Å². The lowest BCUT2D eigenvalue weighted by atomic mass is 10.2.